The summed E-state index contributed by atoms with van der Waals surface area (Å²) in [4.78, 5) is 24.2. The summed E-state index contributed by atoms with van der Waals surface area (Å²) in [5, 5.41) is 4.50. The molecule has 1 saturated heterocycles. The average Bonchev–Trinajstić information content (AvgIpc) is 3.05. The number of piperidine rings is 1. The van der Waals surface area contributed by atoms with E-state index in [1.807, 2.05) is 0 Å². The number of halogens is 2. The van der Waals surface area contributed by atoms with Crippen molar-refractivity contribution in [2.75, 3.05) is 5.32 Å². The first-order valence-corrected chi connectivity index (χ1v) is 12.4. The molecule has 3 atom stereocenters. The molecule has 2 heterocycles. The third-order valence-electron chi connectivity index (χ3n) is 6.65. The fraction of sp³-hybridized carbons (Fsp3) is 0.619. The molecular formula is C21H28F2N4O4S. The van der Waals surface area contributed by atoms with Gasteiger partial charge in [-0.15, -0.1) is 0 Å². The SMILES string of the molecule is C[C@H]1C[C@@H](NC(=O)c2cc3c(cc2F)NC(=O)C3)C[C@@H](F)N1S(=O)(=O)C1CCC(N)CC1. The van der Waals surface area contributed by atoms with Crippen LogP contribution in [0.1, 0.15) is 61.4 Å². The number of fused-ring (bicyclic) bond motifs is 1. The molecular weight excluding hydrogens is 442 g/mol. The van der Waals surface area contributed by atoms with E-state index in [0.29, 0.717) is 36.9 Å². The Hall–Kier alpha value is -2.11. The lowest BCUT2D eigenvalue weighted by Gasteiger charge is -2.41. The second-order valence-corrected chi connectivity index (χ2v) is 11.2. The van der Waals surface area contributed by atoms with Crippen LogP contribution in [0.4, 0.5) is 14.5 Å². The van der Waals surface area contributed by atoms with Crippen LogP contribution in [0.2, 0.25) is 0 Å². The zero-order valence-electron chi connectivity index (χ0n) is 17.8. The van der Waals surface area contributed by atoms with Crippen molar-refractivity contribution in [1.29, 1.82) is 0 Å². The Morgan fingerprint density at radius 3 is 2.56 bits per heavy atom. The fourth-order valence-corrected chi connectivity index (χ4v) is 7.20. The van der Waals surface area contributed by atoms with E-state index in [1.165, 1.54) is 6.07 Å². The van der Waals surface area contributed by atoms with E-state index >= 15 is 4.39 Å². The number of sulfonamides is 1. The van der Waals surface area contributed by atoms with Crippen molar-refractivity contribution in [3.63, 3.8) is 0 Å². The molecule has 2 aliphatic heterocycles. The summed E-state index contributed by atoms with van der Waals surface area (Å²) in [6.07, 6.45) is 0.282. The van der Waals surface area contributed by atoms with Crippen molar-refractivity contribution < 1.29 is 26.8 Å². The molecule has 3 aliphatic rings. The Labute approximate surface area is 186 Å². The molecule has 4 rings (SSSR count). The van der Waals surface area contributed by atoms with Gasteiger partial charge in [0, 0.05) is 30.2 Å². The smallest absolute Gasteiger partial charge is 0.254 e. The minimum absolute atomic E-state index is 0.0190. The van der Waals surface area contributed by atoms with Crippen LogP contribution in [0.25, 0.3) is 0 Å². The van der Waals surface area contributed by atoms with Gasteiger partial charge in [-0.25, -0.2) is 17.2 Å². The number of carbonyl (C=O) groups excluding carboxylic acids is 2. The summed E-state index contributed by atoms with van der Waals surface area (Å²) in [5.41, 5.74) is 6.50. The van der Waals surface area contributed by atoms with Gasteiger partial charge in [0.05, 0.1) is 17.2 Å². The Bertz CT molecular complexity index is 1010. The third kappa shape index (κ3) is 4.38. The third-order valence-corrected chi connectivity index (χ3v) is 9.14. The summed E-state index contributed by atoms with van der Waals surface area (Å²) < 4.78 is 56.6. The van der Waals surface area contributed by atoms with E-state index in [1.54, 1.807) is 6.92 Å². The number of nitrogens with zero attached hydrogens (tertiary/aromatic N) is 1. The summed E-state index contributed by atoms with van der Waals surface area (Å²) in [6, 6.07) is 1.10. The maximum absolute atomic E-state index is 15.1. The van der Waals surface area contributed by atoms with Crippen LogP contribution in [0.15, 0.2) is 12.1 Å². The van der Waals surface area contributed by atoms with Crippen LogP contribution in [-0.2, 0) is 21.2 Å². The second-order valence-electron chi connectivity index (χ2n) is 9.05. The maximum Gasteiger partial charge on any atom is 0.254 e. The van der Waals surface area contributed by atoms with Gasteiger partial charge in [-0.2, -0.15) is 4.31 Å². The van der Waals surface area contributed by atoms with Crippen LogP contribution in [0.5, 0.6) is 0 Å². The lowest BCUT2D eigenvalue weighted by atomic mass is 9.96. The van der Waals surface area contributed by atoms with Crippen LogP contribution in [-0.4, -0.2) is 54.2 Å². The Balaban J connectivity index is 1.43. The van der Waals surface area contributed by atoms with Gasteiger partial charge in [0.2, 0.25) is 15.9 Å². The zero-order chi connectivity index (χ0) is 23.2. The predicted octanol–water partition coefficient (Wildman–Crippen LogP) is 1.80. The molecule has 0 radical (unpaired) electrons. The standard InChI is InChI=1S/C21H28F2N4O4S/c1-11-6-14(9-19(23)27(11)32(30,31)15-4-2-13(24)3-5-15)25-21(29)16-7-12-8-20(28)26-18(12)10-17(16)22/h7,10-11,13-15,19H,2-6,8-9,24H2,1H3,(H,25,29)(H,26,28)/t11-,13?,14+,15?,19-/m0/s1. The molecule has 8 nitrogen and oxygen atoms in total. The number of amides is 2. The second kappa shape index (κ2) is 8.68. The van der Waals surface area contributed by atoms with Crippen molar-refractivity contribution in [3.8, 4) is 0 Å². The highest BCUT2D eigenvalue weighted by molar-refractivity contribution is 7.89. The van der Waals surface area contributed by atoms with E-state index in [-0.39, 0.29) is 36.8 Å². The highest BCUT2D eigenvalue weighted by Gasteiger charge is 2.45. The number of alkyl halides is 1. The van der Waals surface area contributed by atoms with Crippen LogP contribution in [0, 0.1) is 5.82 Å². The molecule has 176 valence electrons. The molecule has 4 N–H and O–H groups in total. The van der Waals surface area contributed by atoms with E-state index in [2.05, 4.69) is 10.6 Å². The summed E-state index contributed by atoms with van der Waals surface area (Å²) >= 11 is 0. The van der Waals surface area contributed by atoms with Crippen LogP contribution in [0.3, 0.4) is 0 Å². The molecule has 1 aromatic carbocycles. The quantitative estimate of drug-likeness (QED) is 0.580. The van der Waals surface area contributed by atoms with E-state index in [0.717, 1.165) is 10.4 Å². The molecule has 0 aromatic heterocycles. The molecule has 0 bridgehead atoms. The summed E-state index contributed by atoms with van der Waals surface area (Å²) in [6.45, 7) is 1.62. The van der Waals surface area contributed by atoms with Gasteiger partial charge in [-0.05, 0) is 56.7 Å². The zero-order valence-corrected chi connectivity index (χ0v) is 18.6. The largest absolute Gasteiger partial charge is 0.349 e. The van der Waals surface area contributed by atoms with Gasteiger partial charge < -0.3 is 16.4 Å². The first kappa shape index (κ1) is 23.1. The monoisotopic (exact) mass is 470 g/mol. The number of carbonyl (C=O) groups is 2. The Morgan fingerprint density at radius 1 is 1.22 bits per heavy atom. The molecule has 1 saturated carbocycles. The number of hydrogen-bond donors (Lipinski definition) is 3. The lowest BCUT2D eigenvalue weighted by molar-refractivity contribution is -0.115. The number of nitrogens with one attached hydrogen (secondary N) is 2. The molecule has 2 fully saturated rings. The number of nitrogens with two attached hydrogens (primary N) is 1. The normalized spacial score (nSPS) is 31.1. The minimum Gasteiger partial charge on any atom is -0.349 e. The predicted molar refractivity (Wildman–Crippen MR) is 115 cm³/mol. The van der Waals surface area contributed by atoms with E-state index in [4.69, 9.17) is 5.73 Å². The number of rotatable bonds is 4. The number of benzene rings is 1. The first-order chi connectivity index (χ1) is 15.1. The van der Waals surface area contributed by atoms with Crippen molar-refractivity contribution in [2.45, 2.75) is 81.5 Å². The van der Waals surface area contributed by atoms with Crippen LogP contribution < -0.4 is 16.4 Å². The highest BCUT2D eigenvalue weighted by Crippen LogP contribution is 2.34. The fourth-order valence-electron chi connectivity index (χ4n) is 5.00. The van der Waals surface area contributed by atoms with Gasteiger partial charge >= 0.3 is 0 Å². The maximum atomic E-state index is 15.1. The summed E-state index contributed by atoms with van der Waals surface area (Å²) in [7, 11) is -3.84. The van der Waals surface area contributed by atoms with Gasteiger partial charge in [0.1, 0.15) is 5.82 Å². The highest BCUT2D eigenvalue weighted by atomic mass is 32.2. The molecule has 11 heteroatoms. The topological polar surface area (TPSA) is 122 Å². The van der Waals surface area contributed by atoms with Gasteiger partial charge in [-0.3, -0.25) is 9.59 Å². The van der Waals surface area contributed by atoms with Crippen LogP contribution >= 0.6 is 0 Å². The van der Waals surface area contributed by atoms with Gasteiger partial charge in [-0.1, -0.05) is 0 Å². The molecule has 0 unspecified atom stereocenters. The lowest BCUT2D eigenvalue weighted by Crippen LogP contribution is -2.56. The van der Waals surface area contributed by atoms with Crippen molar-refractivity contribution >= 4 is 27.5 Å². The molecule has 1 aliphatic carbocycles. The minimum atomic E-state index is -3.84. The van der Waals surface area contributed by atoms with Gasteiger partial charge in [0.15, 0.2) is 6.30 Å². The molecule has 1 aromatic rings. The Morgan fingerprint density at radius 2 is 1.91 bits per heavy atom. The summed E-state index contributed by atoms with van der Waals surface area (Å²) in [5.74, 6) is -1.78. The van der Waals surface area contributed by atoms with Crippen molar-refractivity contribution in [1.82, 2.24) is 9.62 Å². The van der Waals surface area contributed by atoms with E-state index < -0.39 is 45.4 Å². The molecule has 2 amide bonds. The Kier molecular flexibility index (Phi) is 6.25. The number of anilines is 1. The number of hydrogen-bond acceptors (Lipinski definition) is 5. The molecule has 32 heavy (non-hydrogen) atoms. The van der Waals surface area contributed by atoms with E-state index in [9.17, 15) is 22.4 Å². The average molecular weight is 471 g/mol. The van der Waals surface area contributed by atoms with Gasteiger partial charge in [0.25, 0.3) is 5.91 Å². The van der Waals surface area contributed by atoms with Crippen molar-refractivity contribution in [2.24, 2.45) is 5.73 Å². The first-order valence-electron chi connectivity index (χ1n) is 10.9. The van der Waals surface area contributed by atoms with Crippen molar-refractivity contribution in [3.05, 3.63) is 29.1 Å². The molecule has 0 spiro atoms.